The second-order valence-electron chi connectivity index (χ2n) is 23.1. The summed E-state index contributed by atoms with van der Waals surface area (Å²) in [6.07, 6.45) is 14.8. The van der Waals surface area contributed by atoms with Crippen LogP contribution >= 0.6 is 0 Å². The van der Waals surface area contributed by atoms with Crippen LogP contribution in [0.2, 0.25) is 0 Å². The number of fused-ring (bicyclic) bond motifs is 19. The normalized spacial score (nSPS) is 13.8. The molecule has 2 aliphatic rings. The Morgan fingerprint density at radius 2 is 1.17 bits per heavy atom. The van der Waals surface area contributed by atoms with Crippen molar-refractivity contribution in [3.8, 4) is 34.6 Å². The summed E-state index contributed by atoms with van der Waals surface area (Å²) in [6.45, 7) is 19.8. The molecule has 0 saturated carbocycles. The molecule has 374 valence electrons. The minimum Gasteiger partial charge on any atom is -0.454 e. The molecule has 8 aromatic carbocycles. The van der Waals surface area contributed by atoms with Gasteiger partial charge in [0.25, 0.3) is 0 Å². The van der Waals surface area contributed by atoms with E-state index in [4.69, 9.17) is 20.8 Å². The maximum Gasteiger partial charge on any atom is 0.160 e. The topological polar surface area (TPSA) is 45.4 Å². The van der Waals surface area contributed by atoms with Crippen LogP contribution in [0, 0.1) is 31.6 Å². The standard InChI is InChI=1S/C72H60N4O/c1-11-48(33-30-46(4)70(5,6)7)76(64-39-29-45(3)43-74-64)61-41-60-67(66-56-24-16-19-27-62(56)77-69(61)66)65-54-23-13-12-20-51(54)57-40-50(75(63-38-28-44(2)42-73-63)49-34-31-47(32-35-49)71(8,9)10)36-37-55(57)68(65)72(60)58-25-17-14-21-52(58)53-22-15-18-26-59(53)72/h1,12-43H,2-10H3/b46-30+,48-33+. The summed E-state index contributed by atoms with van der Waals surface area (Å²) in [7, 11) is 0. The molecular weight excluding hydrogens is 937 g/mol. The summed E-state index contributed by atoms with van der Waals surface area (Å²) in [6, 6.07) is 62.5. The Balaban J connectivity index is 1.19. The number of hydrogen-bond donors (Lipinski definition) is 0. The smallest absolute Gasteiger partial charge is 0.160 e. The lowest BCUT2D eigenvalue weighted by molar-refractivity contribution is 0.504. The molecule has 0 saturated heterocycles. The van der Waals surface area contributed by atoms with E-state index in [9.17, 15) is 0 Å². The fourth-order valence-electron chi connectivity index (χ4n) is 12.2. The Kier molecular flexibility index (Phi) is 10.9. The molecule has 5 heteroatoms. The van der Waals surface area contributed by atoms with E-state index in [-0.39, 0.29) is 10.8 Å². The van der Waals surface area contributed by atoms with E-state index in [1.165, 1.54) is 66.2 Å². The van der Waals surface area contributed by atoms with Crippen LogP contribution in [0.5, 0.6) is 0 Å². The van der Waals surface area contributed by atoms with E-state index in [2.05, 4.69) is 260 Å². The van der Waals surface area contributed by atoms with Crippen molar-refractivity contribution in [2.75, 3.05) is 9.80 Å². The highest BCUT2D eigenvalue weighted by molar-refractivity contribution is 6.27. The predicted octanol–water partition coefficient (Wildman–Crippen LogP) is 19.1. The van der Waals surface area contributed by atoms with Crippen molar-refractivity contribution < 1.29 is 4.42 Å². The molecule has 0 fully saturated rings. The van der Waals surface area contributed by atoms with Gasteiger partial charge in [0.1, 0.15) is 17.2 Å². The van der Waals surface area contributed by atoms with Crippen LogP contribution in [-0.2, 0) is 10.8 Å². The van der Waals surface area contributed by atoms with E-state index in [1.807, 2.05) is 12.4 Å². The number of aromatic nitrogens is 2. The number of rotatable bonds is 7. The van der Waals surface area contributed by atoms with Gasteiger partial charge in [-0.15, -0.1) is 6.42 Å². The van der Waals surface area contributed by atoms with Crippen molar-refractivity contribution in [2.45, 2.75) is 73.1 Å². The van der Waals surface area contributed by atoms with E-state index >= 15 is 0 Å². The number of terminal acetylenes is 1. The monoisotopic (exact) mass is 996 g/mol. The fourth-order valence-corrected chi connectivity index (χ4v) is 12.2. The molecule has 0 unspecified atom stereocenters. The number of benzene rings is 8. The third kappa shape index (κ3) is 7.30. The summed E-state index contributed by atoms with van der Waals surface area (Å²) in [5.74, 6) is 4.70. The minimum atomic E-state index is -0.793. The average molecular weight is 997 g/mol. The number of allylic oxidation sites excluding steroid dienone is 4. The highest BCUT2D eigenvalue weighted by Crippen LogP contribution is 2.68. The fraction of sp³-hybridized carbons (Fsp3) is 0.167. The number of pyridine rings is 2. The zero-order chi connectivity index (χ0) is 53.1. The van der Waals surface area contributed by atoms with Crippen molar-refractivity contribution in [3.63, 3.8) is 0 Å². The molecule has 11 aromatic rings. The Bertz CT molecular complexity index is 4280. The first-order chi connectivity index (χ1) is 37.2. The van der Waals surface area contributed by atoms with Crippen LogP contribution in [0.3, 0.4) is 0 Å². The number of nitrogens with zero attached hydrogens (tertiary/aromatic N) is 4. The number of aryl methyl sites for hydroxylation is 2. The molecule has 0 amide bonds. The molecular formula is C72H60N4O. The molecule has 5 nitrogen and oxygen atoms in total. The van der Waals surface area contributed by atoms with Crippen LogP contribution in [0.15, 0.2) is 210 Å². The highest BCUT2D eigenvalue weighted by Gasteiger charge is 2.54. The summed E-state index contributed by atoms with van der Waals surface area (Å²) in [4.78, 5) is 14.7. The van der Waals surface area contributed by atoms with Crippen molar-refractivity contribution >= 4 is 72.2 Å². The van der Waals surface area contributed by atoms with E-state index in [0.717, 1.165) is 66.9 Å². The van der Waals surface area contributed by atoms with Gasteiger partial charge in [0.05, 0.1) is 16.8 Å². The van der Waals surface area contributed by atoms with Gasteiger partial charge >= 0.3 is 0 Å². The summed E-state index contributed by atoms with van der Waals surface area (Å²) in [5, 5.41) is 6.75. The van der Waals surface area contributed by atoms with Gasteiger partial charge in [-0.3, -0.25) is 9.80 Å². The largest absolute Gasteiger partial charge is 0.454 e. The summed E-state index contributed by atoms with van der Waals surface area (Å²) >= 11 is 0. The first kappa shape index (κ1) is 47.7. The first-order valence-electron chi connectivity index (χ1n) is 26.8. The summed E-state index contributed by atoms with van der Waals surface area (Å²) in [5.41, 5.74) is 18.6. The van der Waals surface area contributed by atoms with Crippen molar-refractivity contribution in [2.24, 2.45) is 5.41 Å². The minimum absolute atomic E-state index is 0.00645. The Morgan fingerprint density at radius 3 is 1.79 bits per heavy atom. The number of anilines is 5. The lowest BCUT2D eigenvalue weighted by Gasteiger charge is -2.33. The molecule has 1 spiro atoms. The van der Waals surface area contributed by atoms with Gasteiger partial charge in [-0.05, 0) is 169 Å². The number of hydrogen-bond acceptors (Lipinski definition) is 5. The van der Waals surface area contributed by atoms with Gasteiger partial charge in [0, 0.05) is 34.5 Å². The van der Waals surface area contributed by atoms with E-state index in [0.29, 0.717) is 11.5 Å². The zero-order valence-electron chi connectivity index (χ0n) is 45.2. The van der Waals surface area contributed by atoms with Crippen LogP contribution < -0.4 is 9.80 Å². The average Bonchev–Trinajstić information content (AvgIpc) is 4.26. The zero-order valence-corrected chi connectivity index (χ0v) is 45.2. The van der Waals surface area contributed by atoms with Crippen molar-refractivity contribution in [1.82, 2.24) is 9.97 Å². The number of furan rings is 1. The lowest BCUT2D eigenvalue weighted by atomic mass is 9.69. The first-order valence-corrected chi connectivity index (χ1v) is 26.8. The summed E-state index contributed by atoms with van der Waals surface area (Å²) < 4.78 is 7.28. The van der Waals surface area contributed by atoms with Gasteiger partial charge in [0.2, 0.25) is 0 Å². The van der Waals surface area contributed by atoms with Gasteiger partial charge in [-0.25, -0.2) is 9.97 Å². The Labute approximate surface area is 451 Å². The second-order valence-corrected chi connectivity index (χ2v) is 23.1. The molecule has 13 rings (SSSR count). The van der Waals surface area contributed by atoms with Gasteiger partial charge in [0.15, 0.2) is 5.58 Å². The molecule has 0 bridgehead atoms. The van der Waals surface area contributed by atoms with E-state index in [1.54, 1.807) is 0 Å². The SMILES string of the molecule is C#C/C(=C\C=C(/C)C(C)(C)C)N(c1ccc(C)cn1)c1cc2c(c3c1oc1ccccc13)-c1c(c3ccc(N(c4ccc(C(C)(C)C)cc4)c4ccc(C)cn4)cc3c3ccccc13)C21c2ccccc2-c2ccccc21. The molecule has 0 atom stereocenters. The molecule has 0 aliphatic heterocycles. The Morgan fingerprint density at radius 1 is 0.571 bits per heavy atom. The third-order valence-electron chi connectivity index (χ3n) is 16.4. The third-order valence-corrected chi connectivity index (χ3v) is 16.4. The van der Waals surface area contributed by atoms with Crippen LogP contribution in [0.25, 0.3) is 65.7 Å². The molecule has 3 aromatic heterocycles. The van der Waals surface area contributed by atoms with Gasteiger partial charge in [-0.2, -0.15) is 0 Å². The lowest BCUT2D eigenvalue weighted by Crippen LogP contribution is -2.27. The molecule has 77 heavy (non-hydrogen) atoms. The van der Waals surface area contributed by atoms with Crippen molar-refractivity contribution in [3.05, 3.63) is 245 Å². The highest BCUT2D eigenvalue weighted by atomic mass is 16.3. The number of para-hydroxylation sites is 1. The molecule has 0 radical (unpaired) electrons. The van der Waals surface area contributed by atoms with Gasteiger partial charge in [-0.1, -0.05) is 180 Å². The Hall–Kier alpha value is -8.98. The van der Waals surface area contributed by atoms with Crippen LogP contribution in [0.4, 0.5) is 28.7 Å². The second kappa shape index (κ2) is 17.5. The predicted molar refractivity (Wildman–Crippen MR) is 322 cm³/mol. The molecule has 0 N–H and O–H groups in total. The van der Waals surface area contributed by atoms with Crippen LogP contribution in [0.1, 0.15) is 87.4 Å². The maximum absolute atomic E-state index is 7.28. The maximum atomic E-state index is 7.28. The van der Waals surface area contributed by atoms with E-state index < -0.39 is 5.41 Å². The molecule has 2 aliphatic carbocycles. The quantitative estimate of drug-likeness (QED) is 0.0904. The van der Waals surface area contributed by atoms with Crippen molar-refractivity contribution in [1.29, 1.82) is 0 Å². The molecule has 3 heterocycles. The van der Waals surface area contributed by atoms with Crippen LogP contribution in [-0.4, -0.2) is 9.97 Å². The van der Waals surface area contributed by atoms with Gasteiger partial charge < -0.3 is 4.42 Å².